The molecule has 0 unspecified atom stereocenters. The highest BCUT2D eigenvalue weighted by atomic mass is 79.9. The quantitative estimate of drug-likeness (QED) is 0.224. The summed E-state index contributed by atoms with van der Waals surface area (Å²) in [5, 5.41) is 0.421. The van der Waals surface area contributed by atoms with Gasteiger partial charge in [0.1, 0.15) is 17.6 Å². The van der Waals surface area contributed by atoms with Crippen molar-refractivity contribution in [1.29, 1.82) is 0 Å². The molecule has 0 radical (unpaired) electrons. The maximum atomic E-state index is 12.8. The van der Waals surface area contributed by atoms with Crippen LogP contribution < -0.4 is 10.2 Å². The summed E-state index contributed by atoms with van der Waals surface area (Å²) in [6.07, 6.45) is 4.45. The summed E-state index contributed by atoms with van der Waals surface area (Å²) >= 11 is 3.38. The van der Waals surface area contributed by atoms with E-state index in [1.165, 1.54) is 18.4 Å². The predicted molar refractivity (Wildman–Crippen MR) is 117 cm³/mol. The van der Waals surface area contributed by atoms with Crippen LogP contribution in [0.5, 0.6) is 5.75 Å². The van der Waals surface area contributed by atoms with Crippen molar-refractivity contribution in [1.82, 2.24) is 0 Å². The van der Waals surface area contributed by atoms with Crippen LogP contribution in [0, 0.1) is 0 Å². The number of esters is 1. The van der Waals surface area contributed by atoms with Crippen LogP contribution in [0.1, 0.15) is 5.56 Å². The van der Waals surface area contributed by atoms with Crippen LogP contribution in [0.3, 0.4) is 0 Å². The largest absolute Gasteiger partial charge is 0.463 e. The molecule has 3 aromatic carbocycles. The van der Waals surface area contributed by atoms with Gasteiger partial charge in [0, 0.05) is 16.6 Å². The topological polar surface area (TPSA) is 56.5 Å². The lowest BCUT2D eigenvalue weighted by Gasteiger charge is -2.05. The average molecular weight is 447 g/mol. The second-order valence-electron chi connectivity index (χ2n) is 6.31. The van der Waals surface area contributed by atoms with Gasteiger partial charge in [0.2, 0.25) is 0 Å². The van der Waals surface area contributed by atoms with Crippen molar-refractivity contribution < 1.29 is 13.9 Å². The van der Waals surface area contributed by atoms with Crippen molar-refractivity contribution in [2.45, 2.75) is 0 Å². The Morgan fingerprint density at radius 3 is 2.48 bits per heavy atom. The Hall–Kier alpha value is -3.44. The molecule has 0 N–H and O–H groups in total. The van der Waals surface area contributed by atoms with Crippen molar-refractivity contribution in [2.75, 3.05) is 0 Å². The highest BCUT2D eigenvalue weighted by Gasteiger charge is 2.11. The lowest BCUT2D eigenvalue weighted by atomic mass is 10.1. The zero-order valence-corrected chi connectivity index (χ0v) is 16.8. The Kier molecular flexibility index (Phi) is 5.40. The second kappa shape index (κ2) is 8.29. The molecule has 1 aromatic heterocycles. The Balaban J connectivity index is 1.57. The first kappa shape index (κ1) is 18.9. The average Bonchev–Trinajstić information content (AvgIpc) is 2.74. The van der Waals surface area contributed by atoms with E-state index in [1.54, 1.807) is 18.2 Å². The Labute approximate surface area is 175 Å². The number of halogens is 1. The fourth-order valence-corrected chi connectivity index (χ4v) is 3.14. The van der Waals surface area contributed by atoms with Gasteiger partial charge in [0.05, 0.1) is 10.9 Å². The van der Waals surface area contributed by atoms with E-state index in [-0.39, 0.29) is 5.43 Å². The lowest BCUT2D eigenvalue weighted by molar-refractivity contribution is -0.128. The minimum Gasteiger partial charge on any atom is -0.463 e. The maximum Gasteiger partial charge on any atom is 0.336 e. The number of rotatable bonds is 4. The third kappa shape index (κ3) is 4.36. The Morgan fingerprint density at radius 1 is 0.966 bits per heavy atom. The number of fused-ring (bicyclic) bond motifs is 1. The van der Waals surface area contributed by atoms with Crippen LogP contribution in [0.4, 0.5) is 0 Å². The SMILES string of the molecule is O=C(/C=C/c1ccccc1)Oc1ccc2c(=O)c(-c3ccc(Br)cc3)coc2c1. The molecular weight excluding hydrogens is 432 g/mol. The van der Waals surface area contributed by atoms with Crippen LogP contribution in [0.15, 0.2) is 98.8 Å². The minimum atomic E-state index is -0.512. The smallest absolute Gasteiger partial charge is 0.336 e. The number of carbonyl (C=O) groups excluding carboxylic acids is 1. The van der Waals surface area contributed by atoms with Crippen LogP contribution in [0.25, 0.3) is 28.2 Å². The van der Waals surface area contributed by atoms with Gasteiger partial charge in [-0.2, -0.15) is 0 Å². The van der Waals surface area contributed by atoms with Crippen molar-refractivity contribution in [3.63, 3.8) is 0 Å². The number of carbonyl (C=O) groups is 1. The van der Waals surface area contributed by atoms with E-state index in [0.717, 1.165) is 15.6 Å². The summed E-state index contributed by atoms with van der Waals surface area (Å²) in [7, 11) is 0. The minimum absolute atomic E-state index is 0.143. The first-order valence-corrected chi connectivity index (χ1v) is 9.66. The fourth-order valence-electron chi connectivity index (χ4n) is 2.88. The summed E-state index contributed by atoms with van der Waals surface area (Å²) in [6, 6.07) is 21.6. The van der Waals surface area contributed by atoms with Gasteiger partial charge in [-0.3, -0.25) is 4.79 Å². The molecule has 0 aliphatic rings. The molecule has 142 valence electrons. The van der Waals surface area contributed by atoms with E-state index < -0.39 is 5.97 Å². The number of benzene rings is 3. The molecule has 29 heavy (non-hydrogen) atoms. The molecule has 5 heteroatoms. The maximum absolute atomic E-state index is 12.8. The van der Waals surface area contributed by atoms with Gasteiger partial charge >= 0.3 is 5.97 Å². The highest BCUT2D eigenvalue weighted by Crippen LogP contribution is 2.24. The van der Waals surface area contributed by atoms with Gasteiger partial charge in [-0.15, -0.1) is 0 Å². The lowest BCUT2D eigenvalue weighted by Crippen LogP contribution is -2.06. The van der Waals surface area contributed by atoms with Crippen LogP contribution in [-0.4, -0.2) is 5.97 Å². The first-order valence-electron chi connectivity index (χ1n) is 8.86. The van der Waals surface area contributed by atoms with Crippen LogP contribution >= 0.6 is 15.9 Å². The van der Waals surface area contributed by atoms with Gasteiger partial charge in [-0.05, 0) is 41.5 Å². The van der Waals surface area contributed by atoms with Crippen molar-refractivity contribution in [3.05, 3.63) is 105 Å². The normalized spacial score (nSPS) is 11.1. The van der Waals surface area contributed by atoms with E-state index in [1.807, 2.05) is 54.6 Å². The fraction of sp³-hybridized carbons (Fsp3) is 0. The Bertz CT molecular complexity index is 1260. The van der Waals surface area contributed by atoms with Crippen LogP contribution in [-0.2, 0) is 4.79 Å². The van der Waals surface area contributed by atoms with Crippen molar-refractivity contribution in [2.24, 2.45) is 0 Å². The van der Waals surface area contributed by atoms with Gasteiger partial charge in [-0.1, -0.05) is 58.4 Å². The second-order valence-corrected chi connectivity index (χ2v) is 7.22. The molecule has 4 nitrogen and oxygen atoms in total. The molecule has 0 spiro atoms. The van der Waals surface area contributed by atoms with Gasteiger partial charge < -0.3 is 9.15 Å². The highest BCUT2D eigenvalue weighted by molar-refractivity contribution is 9.10. The Morgan fingerprint density at radius 2 is 1.72 bits per heavy atom. The molecule has 0 aliphatic heterocycles. The molecule has 0 saturated carbocycles. The van der Waals surface area contributed by atoms with Gasteiger partial charge in [0.25, 0.3) is 0 Å². The number of hydrogen-bond donors (Lipinski definition) is 0. The number of ether oxygens (including phenoxy) is 1. The molecule has 4 rings (SSSR count). The summed E-state index contributed by atoms with van der Waals surface area (Å²) in [5.74, 6) is -0.207. The summed E-state index contributed by atoms with van der Waals surface area (Å²) < 4.78 is 11.9. The molecule has 1 heterocycles. The molecule has 4 aromatic rings. The standard InChI is InChI=1S/C24H15BrO4/c25-18-9-7-17(8-10-18)21-15-28-22-14-19(11-12-20(22)24(21)27)29-23(26)13-6-16-4-2-1-3-5-16/h1-15H/b13-6+. The molecule has 0 aliphatic carbocycles. The van der Waals surface area contributed by atoms with Crippen molar-refractivity contribution in [3.8, 4) is 16.9 Å². The van der Waals surface area contributed by atoms with Crippen molar-refractivity contribution >= 4 is 38.9 Å². The van der Waals surface area contributed by atoms with Gasteiger partial charge in [0.15, 0.2) is 5.43 Å². The van der Waals surface area contributed by atoms with E-state index in [2.05, 4.69) is 15.9 Å². The molecule has 0 bridgehead atoms. The van der Waals surface area contributed by atoms with Gasteiger partial charge in [-0.25, -0.2) is 4.79 Å². The first-order chi connectivity index (χ1) is 14.1. The van der Waals surface area contributed by atoms with E-state index >= 15 is 0 Å². The van der Waals surface area contributed by atoms with E-state index in [0.29, 0.717) is 22.3 Å². The summed E-state index contributed by atoms with van der Waals surface area (Å²) in [6.45, 7) is 0. The van der Waals surface area contributed by atoms with Crippen LogP contribution in [0.2, 0.25) is 0 Å². The molecule has 0 atom stereocenters. The molecule has 0 amide bonds. The monoisotopic (exact) mass is 446 g/mol. The zero-order chi connectivity index (χ0) is 20.2. The third-order valence-corrected chi connectivity index (χ3v) is 4.86. The van der Waals surface area contributed by atoms with E-state index in [9.17, 15) is 9.59 Å². The van der Waals surface area contributed by atoms with E-state index in [4.69, 9.17) is 9.15 Å². The zero-order valence-electron chi connectivity index (χ0n) is 15.2. The third-order valence-electron chi connectivity index (χ3n) is 4.33. The molecular formula is C24H15BrO4. The number of hydrogen-bond acceptors (Lipinski definition) is 4. The predicted octanol–water partition coefficient (Wildman–Crippen LogP) is 5.84. The molecule has 0 saturated heterocycles. The summed E-state index contributed by atoms with van der Waals surface area (Å²) in [4.78, 5) is 24.9. The molecule has 0 fully saturated rings. The summed E-state index contributed by atoms with van der Waals surface area (Å²) in [5.41, 5.74) is 2.35.